The lowest BCUT2D eigenvalue weighted by molar-refractivity contribution is -0.144. The van der Waals surface area contributed by atoms with Gasteiger partial charge < -0.3 is 10.7 Å². The number of nitrogens with two attached hydrogens (primary N) is 1. The lowest BCUT2D eigenvalue weighted by Gasteiger charge is -1.98. The fourth-order valence-electron chi connectivity index (χ4n) is 1.20. The Labute approximate surface area is 98.2 Å². The van der Waals surface area contributed by atoms with Gasteiger partial charge in [-0.05, 0) is 0 Å². The summed E-state index contributed by atoms with van der Waals surface area (Å²) in [5.74, 6) is -1.75. The van der Waals surface area contributed by atoms with Crippen molar-refractivity contribution in [2.45, 2.75) is 11.3 Å². The Kier molecular flexibility index (Phi) is 2.47. The number of nitrogens with zero attached hydrogens (tertiary/aromatic N) is 3. The lowest BCUT2D eigenvalue weighted by atomic mass is 10.5. The molecule has 0 bridgehead atoms. The van der Waals surface area contributed by atoms with E-state index < -0.39 is 32.8 Å². The molecule has 0 fully saturated rings. The molecular weight excluding hydrogens is 275 g/mol. The second-order valence-electron chi connectivity index (χ2n) is 3.44. The number of hydrogen-bond acceptors (Lipinski definition) is 6. The third-order valence-corrected chi connectivity index (χ3v) is 2.80. The van der Waals surface area contributed by atoms with E-state index in [0.29, 0.717) is 0 Å². The van der Waals surface area contributed by atoms with E-state index in [1.807, 2.05) is 4.98 Å². The van der Waals surface area contributed by atoms with E-state index in [1.165, 1.54) is 0 Å². The summed E-state index contributed by atoms with van der Waals surface area (Å²) in [5, 5.41) is -0.662. The molecule has 0 radical (unpaired) electrons. The average molecular weight is 281 g/mol. The van der Waals surface area contributed by atoms with Gasteiger partial charge in [0.2, 0.25) is 15.7 Å². The van der Waals surface area contributed by atoms with Crippen molar-refractivity contribution in [3.05, 3.63) is 5.82 Å². The van der Waals surface area contributed by atoms with E-state index in [1.54, 1.807) is 0 Å². The molecule has 0 spiro atoms. The van der Waals surface area contributed by atoms with Crippen molar-refractivity contribution in [3.63, 3.8) is 0 Å². The molecule has 2 aromatic heterocycles. The van der Waals surface area contributed by atoms with Gasteiger partial charge in [-0.1, -0.05) is 0 Å². The van der Waals surface area contributed by atoms with Crippen LogP contribution in [0.15, 0.2) is 5.16 Å². The fraction of sp³-hybridized carbons (Fsp3) is 0.286. The van der Waals surface area contributed by atoms with Gasteiger partial charge in [0.15, 0.2) is 17.0 Å². The molecule has 18 heavy (non-hydrogen) atoms. The molecule has 98 valence electrons. The minimum atomic E-state index is -4.71. The summed E-state index contributed by atoms with van der Waals surface area (Å²) in [6.07, 6.45) is -3.90. The van der Waals surface area contributed by atoms with E-state index in [0.717, 1.165) is 6.26 Å². The minimum Gasteiger partial charge on any atom is -0.382 e. The van der Waals surface area contributed by atoms with Crippen molar-refractivity contribution in [2.75, 3.05) is 12.0 Å². The molecule has 0 aromatic carbocycles. The molecule has 11 heteroatoms. The number of alkyl halides is 3. The molecule has 0 atom stereocenters. The monoisotopic (exact) mass is 281 g/mol. The van der Waals surface area contributed by atoms with E-state index in [9.17, 15) is 21.6 Å². The summed E-state index contributed by atoms with van der Waals surface area (Å²) in [5.41, 5.74) is 4.64. The average Bonchev–Trinajstić information content (AvgIpc) is 2.59. The van der Waals surface area contributed by atoms with Crippen LogP contribution in [0.25, 0.3) is 11.2 Å². The molecule has 0 aliphatic carbocycles. The second-order valence-corrected chi connectivity index (χ2v) is 5.35. The van der Waals surface area contributed by atoms with Gasteiger partial charge in [0.05, 0.1) is 0 Å². The van der Waals surface area contributed by atoms with Crippen LogP contribution in [0.1, 0.15) is 5.82 Å². The topological polar surface area (TPSA) is 115 Å². The quantitative estimate of drug-likeness (QED) is 0.729. The third-order valence-electron chi connectivity index (χ3n) is 1.95. The lowest BCUT2D eigenvalue weighted by Crippen LogP contribution is -2.07. The van der Waals surface area contributed by atoms with Gasteiger partial charge in [-0.15, -0.1) is 0 Å². The Morgan fingerprint density at radius 2 is 1.83 bits per heavy atom. The van der Waals surface area contributed by atoms with Crippen LogP contribution in [0.4, 0.5) is 19.0 Å². The normalized spacial score (nSPS) is 13.1. The molecule has 2 rings (SSSR count). The molecule has 7 nitrogen and oxygen atoms in total. The summed E-state index contributed by atoms with van der Waals surface area (Å²) in [6.45, 7) is 0. The first kappa shape index (κ1) is 12.5. The maximum atomic E-state index is 12.4. The summed E-state index contributed by atoms with van der Waals surface area (Å²) in [4.78, 5) is 11.9. The zero-order valence-corrected chi connectivity index (χ0v) is 9.59. The number of hydrogen-bond donors (Lipinski definition) is 2. The van der Waals surface area contributed by atoms with Crippen LogP contribution in [0, 0.1) is 0 Å². The van der Waals surface area contributed by atoms with Gasteiger partial charge in [-0.25, -0.2) is 13.4 Å². The maximum absolute atomic E-state index is 12.4. The number of fused-ring (bicyclic) bond motifs is 1. The van der Waals surface area contributed by atoms with Crippen LogP contribution in [0.3, 0.4) is 0 Å². The highest BCUT2D eigenvalue weighted by molar-refractivity contribution is 7.90. The first-order valence-electron chi connectivity index (χ1n) is 4.39. The number of imidazole rings is 1. The third kappa shape index (κ3) is 2.08. The van der Waals surface area contributed by atoms with Crippen LogP contribution in [-0.2, 0) is 16.0 Å². The van der Waals surface area contributed by atoms with E-state index in [-0.39, 0.29) is 11.2 Å². The first-order chi connectivity index (χ1) is 8.09. The minimum absolute atomic E-state index is 0.324. The first-order valence-corrected chi connectivity index (χ1v) is 6.28. The molecule has 0 aliphatic heterocycles. The van der Waals surface area contributed by atoms with Crippen molar-refractivity contribution < 1.29 is 21.6 Å². The van der Waals surface area contributed by atoms with Crippen molar-refractivity contribution in [3.8, 4) is 0 Å². The van der Waals surface area contributed by atoms with Gasteiger partial charge in [-0.3, -0.25) is 0 Å². The van der Waals surface area contributed by atoms with Crippen molar-refractivity contribution >= 4 is 26.8 Å². The number of aromatic nitrogens is 4. The molecule has 2 aromatic rings. The highest BCUT2D eigenvalue weighted by atomic mass is 32.2. The predicted octanol–water partition coefficient (Wildman–Crippen LogP) is 0.357. The van der Waals surface area contributed by atoms with E-state index in [4.69, 9.17) is 5.73 Å². The smallest absolute Gasteiger partial charge is 0.382 e. The van der Waals surface area contributed by atoms with Gasteiger partial charge in [0.25, 0.3) is 5.16 Å². The summed E-state index contributed by atoms with van der Waals surface area (Å²) in [7, 11) is -3.77. The highest BCUT2D eigenvalue weighted by Crippen LogP contribution is 2.29. The SMILES string of the molecule is CS(=O)(=O)c1nc(N)c2nc(C(F)(F)F)[nH]c2n1. The fourth-order valence-corrected chi connectivity index (χ4v) is 1.72. The van der Waals surface area contributed by atoms with Crippen LogP contribution in [0.2, 0.25) is 0 Å². The second kappa shape index (κ2) is 3.54. The van der Waals surface area contributed by atoms with E-state index in [2.05, 4.69) is 15.0 Å². The molecule has 3 N–H and O–H groups in total. The number of nitrogens with one attached hydrogen (secondary N) is 1. The summed E-state index contributed by atoms with van der Waals surface area (Å²) >= 11 is 0. The largest absolute Gasteiger partial charge is 0.449 e. The maximum Gasteiger partial charge on any atom is 0.449 e. The zero-order chi connectivity index (χ0) is 13.7. The Morgan fingerprint density at radius 3 is 2.33 bits per heavy atom. The summed E-state index contributed by atoms with van der Waals surface area (Å²) < 4.78 is 59.6. The Bertz CT molecular complexity index is 720. The Hall–Kier alpha value is -1.91. The number of anilines is 1. The molecule has 2 heterocycles. The van der Waals surface area contributed by atoms with Gasteiger partial charge in [0, 0.05) is 6.26 Å². The van der Waals surface area contributed by atoms with Crippen LogP contribution in [0.5, 0.6) is 0 Å². The number of rotatable bonds is 1. The number of nitrogen functional groups attached to an aromatic ring is 1. The van der Waals surface area contributed by atoms with Crippen LogP contribution < -0.4 is 5.73 Å². The molecular formula is C7H6F3N5O2S. The predicted molar refractivity (Wildman–Crippen MR) is 54.2 cm³/mol. The zero-order valence-electron chi connectivity index (χ0n) is 8.78. The number of halogens is 3. The Morgan fingerprint density at radius 1 is 1.22 bits per heavy atom. The van der Waals surface area contributed by atoms with E-state index >= 15 is 0 Å². The standard InChI is InChI=1S/C7H6F3N5O2S/c1-18(16,17)6-13-3(11)2-4(15-6)14-5(12-2)7(8,9)10/h1H3,(H3,11,12,13,14,15). The number of sulfone groups is 1. The molecule has 0 saturated heterocycles. The van der Waals surface area contributed by atoms with Crippen molar-refractivity contribution in [1.82, 2.24) is 19.9 Å². The van der Waals surface area contributed by atoms with Gasteiger partial charge in [-0.2, -0.15) is 23.1 Å². The summed E-state index contributed by atoms with van der Waals surface area (Å²) in [6, 6.07) is 0. The Balaban J connectivity index is 2.75. The van der Waals surface area contributed by atoms with Crippen molar-refractivity contribution in [1.29, 1.82) is 0 Å². The molecule has 0 aliphatic rings. The van der Waals surface area contributed by atoms with Gasteiger partial charge >= 0.3 is 6.18 Å². The number of aromatic amines is 1. The van der Waals surface area contributed by atoms with Gasteiger partial charge in [0.1, 0.15) is 0 Å². The molecule has 0 saturated carbocycles. The van der Waals surface area contributed by atoms with Crippen LogP contribution in [-0.4, -0.2) is 34.6 Å². The van der Waals surface area contributed by atoms with Crippen molar-refractivity contribution in [2.24, 2.45) is 0 Å². The number of H-pyrrole nitrogens is 1. The molecule has 0 unspecified atom stereocenters. The highest BCUT2D eigenvalue weighted by Gasteiger charge is 2.35. The van der Waals surface area contributed by atoms with Crippen LogP contribution >= 0.6 is 0 Å². The molecule has 0 amide bonds.